The molecule has 0 spiro atoms. The summed E-state index contributed by atoms with van der Waals surface area (Å²) in [5.74, 6) is -1.25. The van der Waals surface area contributed by atoms with E-state index in [2.05, 4.69) is 15.6 Å². The summed E-state index contributed by atoms with van der Waals surface area (Å²) in [5.41, 5.74) is 1.13. The molecule has 136 valence electrons. The number of aromatic nitrogens is 1. The van der Waals surface area contributed by atoms with Crippen molar-refractivity contribution in [2.75, 3.05) is 19.0 Å². The number of urea groups is 1. The number of hydrogen-bond acceptors (Lipinski definition) is 4. The zero-order valence-corrected chi connectivity index (χ0v) is 13.9. The van der Waals surface area contributed by atoms with Gasteiger partial charge in [0.25, 0.3) is 0 Å². The minimum atomic E-state index is -0.607. The molecule has 1 aliphatic rings. The molecular weight excluding hydrogens is 346 g/mol. The van der Waals surface area contributed by atoms with Crippen LogP contribution < -0.4 is 15.4 Å². The summed E-state index contributed by atoms with van der Waals surface area (Å²) in [4.78, 5) is 29.2. The van der Waals surface area contributed by atoms with Crippen molar-refractivity contribution in [2.24, 2.45) is 0 Å². The molecule has 1 aliphatic heterocycles. The summed E-state index contributed by atoms with van der Waals surface area (Å²) in [6, 6.07) is 4.72. The van der Waals surface area contributed by atoms with Gasteiger partial charge in [-0.15, -0.1) is 0 Å². The van der Waals surface area contributed by atoms with Gasteiger partial charge in [0.15, 0.2) is 0 Å². The molecule has 26 heavy (non-hydrogen) atoms. The Morgan fingerprint density at radius 2 is 2.19 bits per heavy atom. The number of fused-ring (bicyclic) bond motifs is 1. The molecule has 0 unspecified atom stereocenters. The third kappa shape index (κ3) is 3.88. The van der Waals surface area contributed by atoms with E-state index in [4.69, 9.17) is 4.74 Å². The lowest BCUT2D eigenvalue weighted by Crippen LogP contribution is -2.44. The number of rotatable bonds is 5. The second kappa shape index (κ2) is 7.34. The van der Waals surface area contributed by atoms with Crippen LogP contribution in [0.4, 0.5) is 19.3 Å². The van der Waals surface area contributed by atoms with Crippen LogP contribution in [0.2, 0.25) is 0 Å². The Balaban J connectivity index is 1.59. The molecule has 1 aromatic heterocycles. The van der Waals surface area contributed by atoms with Crippen molar-refractivity contribution < 1.29 is 23.1 Å². The number of nitrogens with zero attached hydrogens (tertiary/aromatic N) is 2. The second-order valence-electron chi connectivity index (χ2n) is 5.67. The zero-order chi connectivity index (χ0) is 18.7. The molecule has 7 nitrogen and oxygen atoms in total. The van der Waals surface area contributed by atoms with Crippen molar-refractivity contribution in [1.29, 1.82) is 0 Å². The summed E-state index contributed by atoms with van der Waals surface area (Å²) in [7, 11) is 1.39. The van der Waals surface area contributed by atoms with Crippen molar-refractivity contribution >= 4 is 17.6 Å². The monoisotopic (exact) mass is 362 g/mol. The highest BCUT2D eigenvalue weighted by Gasteiger charge is 2.24. The highest BCUT2D eigenvalue weighted by molar-refractivity contribution is 5.94. The molecular formula is C17H16F2N4O3. The maximum Gasteiger partial charge on any atom is 0.322 e. The smallest absolute Gasteiger partial charge is 0.322 e. The largest absolute Gasteiger partial charge is 0.495 e. The number of carbonyl (C=O) groups excluding carboxylic acids is 2. The number of anilines is 1. The van der Waals surface area contributed by atoms with Gasteiger partial charge in [0, 0.05) is 11.8 Å². The van der Waals surface area contributed by atoms with E-state index in [1.165, 1.54) is 36.4 Å². The highest BCUT2D eigenvalue weighted by atomic mass is 19.1. The van der Waals surface area contributed by atoms with Crippen LogP contribution in [0, 0.1) is 11.6 Å². The molecule has 9 heteroatoms. The van der Waals surface area contributed by atoms with Gasteiger partial charge in [0.1, 0.15) is 23.9 Å². The van der Waals surface area contributed by atoms with E-state index in [1.54, 1.807) is 0 Å². The highest BCUT2D eigenvalue weighted by Crippen LogP contribution is 2.23. The topological polar surface area (TPSA) is 83.6 Å². The fourth-order valence-electron chi connectivity index (χ4n) is 2.52. The Labute approximate surface area is 148 Å². The summed E-state index contributed by atoms with van der Waals surface area (Å²) in [6.07, 6.45) is 1.34. The number of benzene rings is 1. The first-order chi connectivity index (χ1) is 12.5. The van der Waals surface area contributed by atoms with Crippen molar-refractivity contribution in [1.82, 2.24) is 15.2 Å². The number of hydrogen-bond donors (Lipinski definition) is 2. The Hall–Kier alpha value is -3.23. The maximum absolute atomic E-state index is 13.8. The van der Waals surface area contributed by atoms with E-state index in [0.717, 1.165) is 6.07 Å². The van der Waals surface area contributed by atoms with Crippen molar-refractivity contribution in [2.45, 2.75) is 13.1 Å². The number of methoxy groups -OCH3 is 1. The Bertz CT molecular complexity index is 860. The van der Waals surface area contributed by atoms with Gasteiger partial charge in [-0.2, -0.15) is 0 Å². The molecule has 2 N–H and O–H groups in total. The van der Waals surface area contributed by atoms with Crippen LogP contribution in [0.25, 0.3) is 0 Å². The van der Waals surface area contributed by atoms with E-state index in [9.17, 15) is 18.4 Å². The lowest BCUT2D eigenvalue weighted by molar-refractivity contribution is -0.121. The third-order valence-corrected chi connectivity index (χ3v) is 3.87. The SMILES string of the molecule is COc1cnc(CNC(=O)CN2Cc3cc(F)ccc3NC2=O)c(F)c1. The van der Waals surface area contributed by atoms with Crippen LogP contribution in [-0.2, 0) is 17.9 Å². The Morgan fingerprint density at radius 3 is 2.92 bits per heavy atom. The third-order valence-electron chi connectivity index (χ3n) is 3.87. The van der Waals surface area contributed by atoms with Crippen LogP contribution in [0.15, 0.2) is 30.5 Å². The number of halogens is 2. The van der Waals surface area contributed by atoms with Crippen molar-refractivity contribution in [3.63, 3.8) is 0 Å². The Morgan fingerprint density at radius 1 is 1.38 bits per heavy atom. The fourth-order valence-corrected chi connectivity index (χ4v) is 2.52. The fraction of sp³-hybridized carbons (Fsp3) is 0.235. The van der Waals surface area contributed by atoms with E-state index >= 15 is 0 Å². The summed E-state index contributed by atoms with van der Waals surface area (Å²) < 4.78 is 32.0. The lowest BCUT2D eigenvalue weighted by atomic mass is 10.1. The van der Waals surface area contributed by atoms with Gasteiger partial charge in [-0.1, -0.05) is 0 Å². The van der Waals surface area contributed by atoms with E-state index in [-0.39, 0.29) is 31.1 Å². The van der Waals surface area contributed by atoms with Gasteiger partial charge in [-0.25, -0.2) is 13.6 Å². The van der Waals surface area contributed by atoms with E-state index in [0.29, 0.717) is 11.3 Å². The second-order valence-corrected chi connectivity index (χ2v) is 5.67. The molecule has 1 aromatic carbocycles. The molecule has 0 bridgehead atoms. The number of nitrogens with one attached hydrogen (secondary N) is 2. The molecule has 3 rings (SSSR count). The molecule has 0 saturated heterocycles. The van der Waals surface area contributed by atoms with Gasteiger partial charge in [0.05, 0.1) is 32.1 Å². The first kappa shape index (κ1) is 17.6. The van der Waals surface area contributed by atoms with Crippen LogP contribution in [-0.4, -0.2) is 35.5 Å². The molecule has 0 radical (unpaired) electrons. The first-order valence-electron chi connectivity index (χ1n) is 7.75. The minimum absolute atomic E-state index is 0.0506. The first-order valence-corrected chi connectivity index (χ1v) is 7.75. The van der Waals surface area contributed by atoms with Gasteiger partial charge in [-0.3, -0.25) is 9.78 Å². The molecule has 2 heterocycles. The number of carbonyl (C=O) groups is 2. The lowest BCUT2D eigenvalue weighted by Gasteiger charge is -2.28. The average molecular weight is 362 g/mol. The zero-order valence-electron chi connectivity index (χ0n) is 13.9. The summed E-state index contributed by atoms with van der Waals surface area (Å²) in [5, 5.41) is 5.09. The van der Waals surface area contributed by atoms with Gasteiger partial charge < -0.3 is 20.3 Å². The van der Waals surface area contributed by atoms with E-state index < -0.39 is 23.6 Å². The molecule has 2 aromatic rings. The molecule has 3 amide bonds. The van der Waals surface area contributed by atoms with Crippen LogP contribution in [0.5, 0.6) is 5.75 Å². The Kier molecular flexibility index (Phi) is 4.97. The number of ether oxygens (including phenoxy) is 1. The molecule has 0 aliphatic carbocycles. The summed E-state index contributed by atoms with van der Waals surface area (Å²) >= 11 is 0. The van der Waals surface area contributed by atoms with Gasteiger partial charge in [0.2, 0.25) is 5.91 Å². The maximum atomic E-state index is 13.8. The van der Waals surface area contributed by atoms with Gasteiger partial charge in [-0.05, 0) is 23.8 Å². The average Bonchev–Trinajstić information content (AvgIpc) is 2.61. The van der Waals surface area contributed by atoms with Crippen LogP contribution in [0.1, 0.15) is 11.3 Å². The number of amides is 3. The minimum Gasteiger partial charge on any atom is -0.495 e. The van der Waals surface area contributed by atoms with Gasteiger partial charge >= 0.3 is 6.03 Å². The predicted molar refractivity (Wildman–Crippen MR) is 88.4 cm³/mol. The molecule has 0 atom stereocenters. The van der Waals surface area contributed by atoms with Crippen LogP contribution in [0.3, 0.4) is 0 Å². The van der Waals surface area contributed by atoms with Crippen molar-refractivity contribution in [3.05, 3.63) is 53.4 Å². The number of pyridine rings is 1. The molecule has 0 fully saturated rings. The predicted octanol–water partition coefficient (Wildman–Crippen LogP) is 2.03. The summed E-state index contributed by atoms with van der Waals surface area (Å²) in [6.45, 7) is -0.281. The molecule has 0 saturated carbocycles. The van der Waals surface area contributed by atoms with Crippen molar-refractivity contribution in [3.8, 4) is 5.75 Å². The normalized spacial score (nSPS) is 13.0. The van der Waals surface area contributed by atoms with E-state index in [1.807, 2.05) is 0 Å². The standard InChI is InChI=1S/C17H16F2N4O3/c1-26-12-5-13(19)15(20-6-12)7-21-16(24)9-23-8-10-4-11(18)2-3-14(10)22-17(23)25/h2-6H,7-9H2,1H3,(H,21,24)(H,22,25). The quantitative estimate of drug-likeness (QED) is 0.853. The van der Waals surface area contributed by atoms with Crippen LogP contribution >= 0.6 is 0 Å².